The Labute approximate surface area is 127 Å². The topological polar surface area (TPSA) is 43.8 Å². The molecule has 0 saturated heterocycles. The minimum atomic E-state index is -0.244. The first-order chi connectivity index (χ1) is 9.36. The lowest BCUT2D eigenvalue weighted by molar-refractivity contribution is 0.614. The smallest absolute Gasteiger partial charge is 0.124 e. The predicted octanol–water partition coefficient (Wildman–Crippen LogP) is 3.34. The molecule has 0 aliphatic rings. The molecule has 2 aromatic rings. The van der Waals surface area contributed by atoms with Gasteiger partial charge in [-0.05, 0) is 56.5 Å². The maximum Gasteiger partial charge on any atom is 0.124 e. The molecule has 5 heteroatoms. The number of rotatable bonds is 4. The van der Waals surface area contributed by atoms with Crippen molar-refractivity contribution in [3.05, 3.63) is 51.0 Å². The zero-order valence-corrected chi connectivity index (χ0v) is 13.5. The zero-order valence-electron chi connectivity index (χ0n) is 12.0. The standard InChI is InChI=1S/C15H19BrFN3/c1-9(18)4-15-10(2)19-20(11(15)3)8-12-5-13(16)7-14(17)6-12/h5-7,9H,4,8,18H2,1-3H3. The van der Waals surface area contributed by atoms with E-state index in [0.29, 0.717) is 6.54 Å². The Morgan fingerprint density at radius 2 is 2.05 bits per heavy atom. The lowest BCUT2D eigenvalue weighted by Gasteiger charge is -2.08. The average Bonchev–Trinajstić information content (AvgIpc) is 2.55. The van der Waals surface area contributed by atoms with Crippen LogP contribution in [0.1, 0.15) is 29.4 Å². The van der Waals surface area contributed by atoms with Crippen molar-refractivity contribution in [1.29, 1.82) is 0 Å². The van der Waals surface area contributed by atoms with Crippen molar-refractivity contribution in [2.45, 2.75) is 39.8 Å². The molecule has 2 rings (SSSR count). The second-order valence-corrected chi connectivity index (χ2v) is 6.18. The van der Waals surface area contributed by atoms with Gasteiger partial charge in [0.15, 0.2) is 0 Å². The van der Waals surface area contributed by atoms with Crippen molar-refractivity contribution in [3.8, 4) is 0 Å². The van der Waals surface area contributed by atoms with Crippen LogP contribution in [0.15, 0.2) is 22.7 Å². The van der Waals surface area contributed by atoms with Crippen molar-refractivity contribution in [1.82, 2.24) is 9.78 Å². The summed E-state index contributed by atoms with van der Waals surface area (Å²) < 4.78 is 16.1. The van der Waals surface area contributed by atoms with E-state index in [1.54, 1.807) is 0 Å². The third-order valence-electron chi connectivity index (χ3n) is 3.31. The molecule has 108 valence electrons. The average molecular weight is 340 g/mol. The number of aryl methyl sites for hydroxylation is 1. The number of nitrogens with two attached hydrogens (primary N) is 1. The third-order valence-corrected chi connectivity index (χ3v) is 3.77. The summed E-state index contributed by atoms with van der Waals surface area (Å²) in [5, 5.41) is 4.54. The number of hydrogen-bond acceptors (Lipinski definition) is 2. The van der Waals surface area contributed by atoms with Crippen LogP contribution in [0.4, 0.5) is 4.39 Å². The van der Waals surface area contributed by atoms with Gasteiger partial charge in [-0.2, -0.15) is 5.10 Å². The number of hydrogen-bond donors (Lipinski definition) is 1. The van der Waals surface area contributed by atoms with Crippen LogP contribution >= 0.6 is 15.9 Å². The van der Waals surface area contributed by atoms with Gasteiger partial charge in [0.05, 0.1) is 12.2 Å². The van der Waals surface area contributed by atoms with Gasteiger partial charge >= 0.3 is 0 Å². The Balaban J connectivity index is 2.30. The summed E-state index contributed by atoms with van der Waals surface area (Å²) in [5.41, 5.74) is 10.0. The van der Waals surface area contributed by atoms with Gasteiger partial charge in [0, 0.05) is 16.2 Å². The lowest BCUT2D eigenvalue weighted by Crippen LogP contribution is -2.18. The van der Waals surface area contributed by atoms with E-state index in [-0.39, 0.29) is 11.9 Å². The molecule has 0 amide bonds. The Hall–Kier alpha value is -1.20. The summed E-state index contributed by atoms with van der Waals surface area (Å²) >= 11 is 3.31. The first-order valence-corrected chi connectivity index (χ1v) is 7.39. The molecule has 0 radical (unpaired) electrons. The minimum absolute atomic E-state index is 0.105. The highest BCUT2D eigenvalue weighted by Gasteiger charge is 2.13. The first-order valence-electron chi connectivity index (χ1n) is 6.60. The Morgan fingerprint density at radius 1 is 1.35 bits per heavy atom. The van der Waals surface area contributed by atoms with E-state index in [1.807, 2.05) is 31.5 Å². The van der Waals surface area contributed by atoms with Gasteiger partial charge < -0.3 is 5.73 Å². The largest absolute Gasteiger partial charge is 0.328 e. The third kappa shape index (κ3) is 3.46. The van der Waals surface area contributed by atoms with Crippen LogP contribution in [-0.4, -0.2) is 15.8 Å². The second kappa shape index (κ2) is 6.06. The van der Waals surface area contributed by atoms with E-state index < -0.39 is 0 Å². The normalized spacial score (nSPS) is 12.7. The number of nitrogens with zero attached hydrogens (tertiary/aromatic N) is 2. The van der Waals surface area contributed by atoms with Crippen molar-refractivity contribution in [2.75, 3.05) is 0 Å². The summed E-state index contributed by atoms with van der Waals surface area (Å²) in [5.74, 6) is -0.244. The molecule has 1 unspecified atom stereocenters. The highest BCUT2D eigenvalue weighted by atomic mass is 79.9. The van der Waals surface area contributed by atoms with Crippen LogP contribution in [0.25, 0.3) is 0 Å². The molecule has 1 aromatic heterocycles. The quantitative estimate of drug-likeness (QED) is 0.928. The zero-order chi connectivity index (χ0) is 14.9. The molecule has 1 aromatic carbocycles. The van der Waals surface area contributed by atoms with Gasteiger partial charge in [0.25, 0.3) is 0 Å². The maximum absolute atomic E-state index is 13.4. The summed E-state index contributed by atoms with van der Waals surface area (Å²) in [6.45, 7) is 6.57. The molecule has 3 nitrogen and oxygen atoms in total. The molecular weight excluding hydrogens is 321 g/mol. The van der Waals surface area contributed by atoms with Crippen LogP contribution in [-0.2, 0) is 13.0 Å². The van der Waals surface area contributed by atoms with Crippen LogP contribution in [0.2, 0.25) is 0 Å². The first kappa shape index (κ1) is 15.2. The number of benzene rings is 1. The van der Waals surface area contributed by atoms with Crippen LogP contribution < -0.4 is 5.73 Å². The summed E-state index contributed by atoms with van der Waals surface area (Å²) in [4.78, 5) is 0. The molecule has 0 saturated carbocycles. The Morgan fingerprint density at radius 3 is 2.65 bits per heavy atom. The molecule has 0 fully saturated rings. The molecule has 2 N–H and O–H groups in total. The van der Waals surface area contributed by atoms with Crippen LogP contribution in [0, 0.1) is 19.7 Å². The Kier molecular flexibility index (Phi) is 4.60. The van der Waals surface area contributed by atoms with Crippen molar-refractivity contribution in [2.24, 2.45) is 5.73 Å². The second-order valence-electron chi connectivity index (χ2n) is 5.27. The van der Waals surface area contributed by atoms with Gasteiger partial charge in [-0.3, -0.25) is 4.68 Å². The lowest BCUT2D eigenvalue weighted by atomic mass is 10.1. The van der Waals surface area contributed by atoms with Gasteiger partial charge in [-0.1, -0.05) is 15.9 Å². The highest BCUT2D eigenvalue weighted by Crippen LogP contribution is 2.19. The fourth-order valence-corrected chi connectivity index (χ4v) is 2.89. The van der Waals surface area contributed by atoms with E-state index in [2.05, 4.69) is 21.0 Å². The van der Waals surface area contributed by atoms with Crippen molar-refractivity contribution < 1.29 is 4.39 Å². The predicted molar refractivity (Wildman–Crippen MR) is 82.3 cm³/mol. The fourth-order valence-electron chi connectivity index (χ4n) is 2.38. The summed E-state index contributed by atoms with van der Waals surface area (Å²) in [6.07, 6.45) is 0.810. The molecule has 1 atom stereocenters. The number of aromatic nitrogens is 2. The van der Waals surface area contributed by atoms with E-state index in [1.165, 1.54) is 17.7 Å². The molecule has 0 aliphatic heterocycles. The number of halogens is 2. The van der Waals surface area contributed by atoms with Gasteiger partial charge in [0.1, 0.15) is 5.82 Å². The van der Waals surface area contributed by atoms with E-state index >= 15 is 0 Å². The molecule has 0 aliphatic carbocycles. The van der Waals surface area contributed by atoms with Gasteiger partial charge in [0.2, 0.25) is 0 Å². The van der Waals surface area contributed by atoms with Crippen molar-refractivity contribution in [3.63, 3.8) is 0 Å². The minimum Gasteiger partial charge on any atom is -0.328 e. The van der Waals surface area contributed by atoms with E-state index in [4.69, 9.17) is 5.73 Å². The molecular formula is C15H19BrFN3. The molecule has 0 bridgehead atoms. The SMILES string of the molecule is Cc1nn(Cc2cc(F)cc(Br)c2)c(C)c1CC(C)N. The van der Waals surface area contributed by atoms with Crippen LogP contribution in [0.5, 0.6) is 0 Å². The maximum atomic E-state index is 13.4. The summed E-state index contributed by atoms with van der Waals surface area (Å²) in [6, 6.07) is 5.00. The highest BCUT2D eigenvalue weighted by molar-refractivity contribution is 9.10. The molecule has 0 spiro atoms. The van der Waals surface area contributed by atoms with Gasteiger partial charge in [-0.15, -0.1) is 0 Å². The fraction of sp³-hybridized carbons (Fsp3) is 0.400. The van der Waals surface area contributed by atoms with Crippen molar-refractivity contribution >= 4 is 15.9 Å². The molecule has 20 heavy (non-hydrogen) atoms. The van der Waals surface area contributed by atoms with Gasteiger partial charge in [-0.25, -0.2) is 4.39 Å². The molecule has 1 heterocycles. The van der Waals surface area contributed by atoms with E-state index in [0.717, 1.165) is 27.8 Å². The monoisotopic (exact) mass is 339 g/mol. The summed E-state index contributed by atoms with van der Waals surface area (Å²) in [7, 11) is 0. The Bertz CT molecular complexity index is 600. The van der Waals surface area contributed by atoms with Crippen LogP contribution in [0.3, 0.4) is 0 Å². The van der Waals surface area contributed by atoms with E-state index in [9.17, 15) is 4.39 Å².